The van der Waals surface area contributed by atoms with Crippen molar-refractivity contribution in [2.75, 3.05) is 11.9 Å². The number of nitrogens with one attached hydrogen (secondary N) is 1. The SMILES string of the molecule is CC(=O)c1sc(NC(=O)CN2C(=O)[C@H]3CC=CC[C@H]3C2=O)nc1-c1ccccc1. The molecule has 0 unspecified atom stereocenters. The molecule has 1 fully saturated rings. The first-order valence-corrected chi connectivity index (χ1v) is 10.1. The molecule has 8 heteroatoms. The molecule has 2 aromatic rings. The number of hydrogen-bond donors (Lipinski definition) is 1. The van der Waals surface area contributed by atoms with Crippen molar-refractivity contribution in [3.63, 3.8) is 0 Å². The fraction of sp³-hybridized carbons (Fsp3) is 0.286. The summed E-state index contributed by atoms with van der Waals surface area (Å²) in [5, 5.41) is 2.89. The van der Waals surface area contributed by atoms with Crippen LogP contribution in [0.15, 0.2) is 42.5 Å². The molecule has 0 bridgehead atoms. The van der Waals surface area contributed by atoms with E-state index in [1.54, 1.807) is 0 Å². The van der Waals surface area contributed by atoms with Crippen molar-refractivity contribution in [1.29, 1.82) is 0 Å². The predicted octanol–water partition coefficient (Wildman–Crippen LogP) is 2.90. The minimum absolute atomic E-state index is 0.150. The lowest BCUT2D eigenvalue weighted by molar-refractivity contribution is -0.142. The Balaban J connectivity index is 1.50. The number of fused-ring (bicyclic) bond motifs is 1. The van der Waals surface area contributed by atoms with Crippen molar-refractivity contribution in [3.8, 4) is 11.3 Å². The van der Waals surface area contributed by atoms with Gasteiger partial charge in [-0.15, -0.1) is 0 Å². The quantitative estimate of drug-likeness (QED) is 0.465. The van der Waals surface area contributed by atoms with Gasteiger partial charge in [-0.25, -0.2) is 4.98 Å². The van der Waals surface area contributed by atoms with Crippen LogP contribution in [-0.2, 0) is 14.4 Å². The van der Waals surface area contributed by atoms with Crippen molar-refractivity contribution in [2.45, 2.75) is 19.8 Å². The van der Waals surface area contributed by atoms with Gasteiger partial charge in [0.05, 0.1) is 22.4 Å². The summed E-state index contributed by atoms with van der Waals surface area (Å²) < 4.78 is 0. The van der Waals surface area contributed by atoms with Crippen molar-refractivity contribution in [2.24, 2.45) is 11.8 Å². The van der Waals surface area contributed by atoms with Crippen LogP contribution in [0.25, 0.3) is 11.3 Å². The van der Waals surface area contributed by atoms with Gasteiger partial charge in [-0.2, -0.15) is 0 Å². The van der Waals surface area contributed by atoms with Gasteiger partial charge in [0.15, 0.2) is 10.9 Å². The number of Topliss-reactive ketones (excluding diaryl/α,β-unsaturated/α-hetero) is 1. The lowest BCUT2D eigenvalue weighted by atomic mass is 9.85. The molecule has 1 aromatic heterocycles. The third-order valence-electron chi connectivity index (χ3n) is 5.14. The third-order valence-corrected chi connectivity index (χ3v) is 6.21. The summed E-state index contributed by atoms with van der Waals surface area (Å²) in [6.45, 7) is 1.10. The Morgan fingerprint density at radius 1 is 1.10 bits per heavy atom. The van der Waals surface area contributed by atoms with Gasteiger partial charge in [0, 0.05) is 12.5 Å². The Morgan fingerprint density at radius 3 is 2.31 bits per heavy atom. The molecular weight excluding hydrogens is 390 g/mol. The first kappa shape index (κ1) is 19.2. The van der Waals surface area contributed by atoms with Crippen LogP contribution in [0, 0.1) is 11.8 Å². The summed E-state index contributed by atoms with van der Waals surface area (Å²) in [7, 11) is 0. The summed E-state index contributed by atoms with van der Waals surface area (Å²) in [6.07, 6.45) is 4.87. The van der Waals surface area contributed by atoms with Crippen LogP contribution in [0.2, 0.25) is 0 Å². The average Bonchev–Trinajstić information content (AvgIpc) is 3.24. The van der Waals surface area contributed by atoms with Gasteiger partial charge < -0.3 is 5.32 Å². The van der Waals surface area contributed by atoms with Gasteiger partial charge in [0.2, 0.25) is 17.7 Å². The molecule has 29 heavy (non-hydrogen) atoms. The van der Waals surface area contributed by atoms with Crippen LogP contribution in [-0.4, -0.2) is 39.9 Å². The van der Waals surface area contributed by atoms with Crippen molar-refractivity contribution < 1.29 is 19.2 Å². The average molecular weight is 409 g/mol. The number of amides is 3. The number of aromatic nitrogens is 1. The van der Waals surface area contributed by atoms with Crippen LogP contribution in [0.4, 0.5) is 5.13 Å². The fourth-order valence-corrected chi connectivity index (χ4v) is 4.63. The van der Waals surface area contributed by atoms with Crippen molar-refractivity contribution >= 4 is 40.0 Å². The predicted molar refractivity (Wildman–Crippen MR) is 108 cm³/mol. The van der Waals surface area contributed by atoms with Gasteiger partial charge >= 0.3 is 0 Å². The van der Waals surface area contributed by atoms with Crippen molar-refractivity contribution in [1.82, 2.24) is 9.88 Å². The molecule has 2 atom stereocenters. The van der Waals surface area contributed by atoms with E-state index in [4.69, 9.17) is 0 Å². The van der Waals surface area contributed by atoms with E-state index in [2.05, 4.69) is 10.3 Å². The van der Waals surface area contributed by atoms with E-state index in [0.717, 1.165) is 21.8 Å². The standard InChI is InChI=1S/C21H19N3O4S/c1-12(25)18-17(13-7-3-2-4-8-13)23-21(29-18)22-16(26)11-24-19(27)14-9-5-6-10-15(14)20(24)28/h2-8,14-15H,9-11H2,1H3,(H,22,23,26)/t14-,15+. The minimum Gasteiger partial charge on any atom is -0.300 e. The second-order valence-corrected chi connectivity index (χ2v) is 8.08. The lowest BCUT2D eigenvalue weighted by Crippen LogP contribution is -2.38. The number of hydrogen-bond acceptors (Lipinski definition) is 6. The summed E-state index contributed by atoms with van der Waals surface area (Å²) in [6, 6.07) is 9.23. The molecule has 1 aliphatic heterocycles. The Hall–Kier alpha value is -3.13. The number of carbonyl (C=O) groups is 4. The highest BCUT2D eigenvalue weighted by molar-refractivity contribution is 7.18. The monoisotopic (exact) mass is 409 g/mol. The van der Waals surface area contributed by atoms with Gasteiger partial charge in [-0.1, -0.05) is 53.8 Å². The summed E-state index contributed by atoms with van der Waals surface area (Å²) in [4.78, 5) is 55.4. The second-order valence-electron chi connectivity index (χ2n) is 7.09. The van der Waals surface area contributed by atoms with Gasteiger partial charge in [0.1, 0.15) is 6.54 Å². The molecule has 148 valence electrons. The van der Waals surface area contributed by atoms with Crippen LogP contribution in [0.1, 0.15) is 29.4 Å². The molecule has 7 nitrogen and oxygen atoms in total. The van der Waals surface area contributed by atoms with E-state index < -0.39 is 5.91 Å². The highest BCUT2D eigenvalue weighted by Gasteiger charge is 2.47. The zero-order valence-electron chi connectivity index (χ0n) is 15.8. The molecule has 0 saturated carbocycles. The summed E-state index contributed by atoms with van der Waals surface area (Å²) >= 11 is 1.08. The number of thiazole rings is 1. The molecule has 0 spiro atoms. The van der Waals surface area contributed by atoms with E-state index in [1.807, 2.05) is 42.5 Å². The van der Waals surface area contributed by atoms with Crippen LogP contribution < -0.4 is 5.32 Å². The molecule has 1 aromatic carbocycles. The number of carbonyl (C=O) groups excluding carboxylic acids is 4. The molecular formula is C21H19N3O4S. The Labute approximate surface area is 171 Å². The van der Waals surface area contributed by atoms with Gasteiger partial charge in [-0.3, -0.25) is 24.1 Å². The highest BCUT2D eigenvalue weighted by Crippen LogP contribution is 2.35. The van der Waals surface area contributed by atoms with Gasteiger partial charge in [-0.05, 0) is 12.8 Å². The zero-order chi connectivity index (χ0) is 20.5. The number of likely N-dealkylation sites (tertiary alicyclic amines) is 1. The maximum atomic E-state index is 12.5. The topological polar surface area (TPSA) is 96.4 Å². The van der Waals surface area contributed by atoms with Crippen LogP contribution in [0.5, 0.6) is 0 Å². The number of anilines is 1. The smallest absolute Gasteiger partial charge is 0.246 e. The van der Waals surface area contributed by atoms with E-state index in [-0.39, 0.29) is 41.1 Å². The molecule has 4 rings (SSSR count). The molecule has 1 aliphatic carbocycles. The molecule has 1 N–H and O–H groups in total. The van der Waals surface area contributed by atoms with E-state index in [1.165, 1.54) is 6.92 Å². The van der Waals surface area contributed by atoms with Crippen LogP contribution in [0.3, 0.4) is 0 Å². The molecule has 2 heterocycles. The summed E-state index contributed by atoms with van der Waals surface area (Å²) in [5.41, 5.74) is 1.28. The molecule has 2 aliphatic rings. The number of benzene rings is 1. The number of nitrogens with zero attached hydrogens (tertiary/aromatic N) is 2. The number of rotatable bonds is 5. The molecule has 3 amide bonds. The Morgan fingerprint density at radius 2 is 1.72 bits per heavy atom. The second kappa shape index (κ2) is 7.71. The number of ketones is 1. The lowest BCUT2D eigenvalue weighted by Gasteiger charge is -2.14. The molecule has 1 saturated heterocycles. The number of allylic oxidation sites excluding steroid dienone is 2. The number of imide groups is 1. The largest absolute Gasteiger partial charge is 0.300 e. The van der Waals surface area contributed by atoms with E-state index >= 15 is 0 Å². The third kappa shape index (κ3) is 3.63. The summed E-state index contributed by atoms with van der Waals surface area (Å²) in [5.74, 6) is -1.99. The fourth-order valence-electron chi connectivity index (χ4n) is 3.73. The van der Waals surface area contributed by atoms with E-state index in [0.29, 0.717) is 23.4 Å². The normalized spacial score (nSPS) is 20.7. The van der Waals surface area contributed by atoms with Crippen LogP contribution >= 0.6 is 11.3 Å². The van der Waals surface area contributed by atoms with E-state index in [9.17, 15) is 19.2 Å². The maximum absolute atomic E-state index is 12.5. The Kier molecular flexibility index (Phi) is 5.10. The molecule has 0 radical (unpaired) electrons. The zero-order valence-corrected chi connectivity index (χ0v) is 16.6. The van der Waals surface area contributed by atoms with Crippen molar-refractivity contribution in [3.05, 3.63) is 47.4 Å². The highest BCUT2D eigenvalue weighted by atomic mass is 32.1. The van der Waals surface area contributed by atoms with Gasteiger partial charge in [0.25, 0.3) is 0 Å². The Bertz CT molecular complexity index is 1000. The first-order valence-electron chi connectivity index (χ1n) is 9.33. The minimum atomic E-state index is -0.512. The maximum Gasteiger partial charge on any atom is 0.246 e. The first-order chi connectivity index (χ1) is 14.0.